The van der Waals surface area contributed by atoms with Crippen LogP contribution in [-0.4, -0.2) is 58.8 Å². The Balaban J connectivity index is 1.55. The van der Waals surface area contributed by atoms with Crippen LogP contribution in [0.15, 0.2) is 29.3 Å². The average molecular weight is 369 g/mol. The van der Waals surface area contributed by atoms with Crippen LogP contribution < -0.4 is 10.6 Å². The number of hydrogen-bond donors (Lipinski definition) is 1. The molecular formula is C17H25ClN4OS. The number of nitrogens with zero attached hydrogens (tertiary/aromatic N) is 3. The Morgan fingerprint density at radius 2 is 1.88 bits per heavy atom. The smallest absolute Gasteiger partial charge is 0.191 e. The summed E-state index contributed by atoms with van der Waals surface area (Å²) >= 11 is 5.95. The second-order valence-corrected chi connectivity index (χ2v) is 8.83. The van der Waals surface area contributed by atoms with Crippen molar-refractivity contribution in [3.63, 3.8) is 0 Å². The molecule has 1 unspecified atom stereocenters. The monoisotopic (exact) mass is 368 g/mol. The van der Waals surface area contributed by atoms with Gasteiger partial charge in [0.1, 0.15) is 0 Å². The van der Waals surface area contributed by atoms with Gasteiger partial charge in [-0.05, 0) is 37.1 Å². The van der Waals surface area contributed by atoms with E-state index in [-0.39, 0.29) is 4.75 Å². The van der Waals surface area contributed by atoms with Crippen LogP contribution >= 0.6 is 11.6 Å². The van der Waals surface area contributed by atoms with Crippen molar-refractivity contribution in [2.24, 2.45) is 10.7 Å². The zero-order chi connectivity index (χ0) is 17.2. The van der Waals surface area contributed by atoms with Gasteiger partial charge in [-0.3, -0.25) is 9.20 Å². The molecule has 1 aliphatic carbocycles. The van der Waals surface area contributed by atoms with Gasteiger partial charge < -0.3 is 15.5 Å². The van der Waals surface area contributed by atoms with Crippen molar-refractivity contribution in [1.82, 2.24) is 4.90 Å². The molecule has 0 amide bonds. The maximum absolute atomic E-state index is 11.9. The number of halogens is 1. The third-order valence-electron chi connectivity index (χ3n) is 5.20. The highest BCUT2D eigenvalue weighted by Crippen LogP contribution is 2.37. The van der Waals surface area contributed by atoms with E-state index in [2.05, 4.69) is 14.8 Å². The lowest BCUT2D eigenvalue weighted by atomic mass is 9.84. The first kappa shape index (κ1) is 17.5. The van der Waals surface area contributed by atoms with Crippen LogP contribution in [0, 0.1) is 0 Å². The van der Waals surface area contributed by atoms with E-state index in [1.165, 1.54) is 5.69 Å². The SMILES string of the molecule is CS(=O)C1(CN=C(N)N2CCN(c3ccc(Cl)cc3)CC2)CCC1. The summed E-state index contributed by atoms with van der Waals surface area (Å²) in [5.41, 5.74) is 7.36. The summed E-state index contributed by atoms with van der Waals surface area (Å²) in [6.07, 6.45) is 4.93. The van der Waals surface area contributed by atoms with Crippen LogP contribution in [0.3, 0.4) is 0 Å². The summed E-state index contributed by atoms with van der Waals surface area (Å²) in [6.45, 7) is 4.09. The summed E-state index contributed by atoms with van der Waals surface area (Å²) in [5.74, 6) is 0.586. The van der Waals surface area contributed by atoms with E-state index in [0.29, 0.717) is 12.5 Å². The first-order valence-electron chi connectivity index (χ1n) is 8.39. The molecule has 3 rings (SSSR count). The van der Waals surface area contributed by atoms with Crippen LogP contribution in [0.5, 0.6) is 0 Å². The van der Waals surface area contributed by atoms with Crippen LogP contribution in [0.2, 0.25) is 5.02 Å². The number of hydrogen-bond acceptors (Lipinski definition) is 3. The maximum atomic E-state index is 11.9. The zero-order valence-electron chi connectivity index (χ0n) is 14.1. The Kier molecular flexibility index (Phi) is 5.35. The molecule has 1 saturated heterocycles. The molecule has 2 fully saturated rings. The van der Waals surface area contributed by atoms with E-state index in [0.717, 1.165) is 50.5 Å². The number of benzene rings is 1. The molecule has 0 spiro atoms. The van der Waals surface area contributed by atoms with E-state index >= 15 is 0 Å². The van der Waals surface area contributed by atoms with E-state index in [1.807, 2.05) is 24.3 Å². The van der Waals surface area contributed by atoms with Crippen LogP contribution in [0.25, 0.3) is 0 Å². The van der Waals surface area contributed by atoms with Crippen molar-refractivity contribution in [3.8, 4) is 0 Å². The normalized spacial score (nSPS) is 22.2. The van der Waals surface area contributed by atoms with Gasteiger partial charge in [-0.1, -0.05) is 18.0 Å². The Bertz CT molecular complexity index is 622. The average Bonchev–Trinajstić information content (AvgIpc) is 2.54. The quantitative estimate of drug-likeness (QED) is 0.653. The first-order chi connectivity index (χ1) is 11.5. The van der Waals surface area contributed by atoms with Gasteiger partial charge >= 0.3 is 0 Å². The molecule has 1 atom stereocenters. The van der Waals surface area contributed by atoms with Crippen molar-refractivity contribution >= 4 is 34.0 Å². The lowest BCUT2D eigenvalue weighted by Crippen LogP contribution is -2.52. The fourth-order valence-electron chi connectivity index (χ4n) is 3.28. The largest absolute Gasteiger partial charge is 0.370 e. The Labute approximate surface area is 151 Å². The van der Waals surface area contributed by atoms with Crippen molar-refractivity contribution in [2.45, 2.75) is 24.0 Å². The van der Waals surface area contributed by atoms with Gasteiger partial charge in [0.05, 0.1) is 11.3 Å². The molecule has 7 heteroatoms. The number of anilines is 1. The minimum Gasteiger partial charge on any atom is -0.370 e. The lowest BCUT2D eigenvalue weighted by molar-refractivity contribution is 0.352. The fraction of sp³-hybridized carbons (Fsp3) is 0.588. The highest BCUT2D eigenvalue weighted by molar-refractivity contribution is 7.85. The standard InChI is InChI=1S/C17H25ClN4OS/c1-24(23)17(7-2-8-17)13-20-16(19)22-11-9-21(10-12-22)15-5-3-14(18)4-6-15/h3-6H,2,7-13H2,1H3,(H2,19,20). The third-order valence-corrected chi connectivity index (χ3v) is 7.21. The predicted molar refractivity (Wildman–Crippen MR) is 102 cm³/mol. The summed E-state index contributed by atoms with van der Waals surface area (Å²) in [5, 5.41) is 0.756. The first-order valence-corrected chi connectivity index (χ1v) is 10.3. The predicted octanol–water partition coefficient (Wildman–Crippen LogP) is 2.08. The minimum absolute atomic E-state index is 0.129. The van der Waals surface area contributed by atoms with E-state index < -0.39 is 10.8 Å². The summed E-state index contributed by atoms with van der Waals surface area (Å²) in [7, 11) is -0.836. The highest BCUT2D eigenvalue weighted by atomic mass is 35.5. The van der Waals surface area contributed by atoms with Gasteiger partial charge in [-0.15, -0.1) is 0 Å². The molecular weight excluding hydrogens is 344 g/mol. The number of piperazine rings is 1. The van der Waals surface area contributed by atoms with Gasteiger partial charge in [-0.25, -0.2) is 0 Å². The molecule has 2 aliphatic rings. The van der Waals surface area contributed by atoms with Crippen LogP contribution in [-0.2, 0) is 10.8 Å². The summed E-state index contributed by atoms with van der Waals surface area (Å²) in [6, 6.07) is 7.93. The second-order valence-electron chi connectivity index (χ2n) is 6.62. The van der Waals surface area contributed by atoms with Crippen molar-refractivity contribution < 1.29 is 4.21 Å². The van der Waals surface area contributed by atoms with E-state index in [1.54, 1.807) is 6.26 Å². The van der Waals surface area contributed by atoms with Gasteiger partial charge in [0, 0.05) is 53.9 Å². The Morgan fingerprint density at radius 1 is 1.25 bits per heavy atom. The molecule has 0 bridgehead atoms. The van der Waals surface area contributed by atoms with Gasteiger partial charge in [-0.2, -0.15) is 0 Å². The van der Waals surface area contributed by atoms with Crippen molar-refractivity contribution in [1.29, 1.82) is 0 Å². The maximum Gasteiger partial charge on any atom is 0.191 e. The molecule has 0 radical (unpaired) electrons. The van der Waals surface area contributed by atoms with Crippen LogP contribution in [0.1, 0.15) is 19.3 Å². The minimum atomic E-state index is -0.836. The molecule has 1 aliphatic heterocycles. The number of nitrogens with two attached hydrogens (primary N) is 1. The molecule has 1 aromatic rings. The molecule has 132 valence electrons. The van der Waals surface area contributed by atoms with Gasteiger partial charge in [0.15, 0.2) is 5.96 Å². The number of guanidine groups is 1. The molecule has 0 aromatic heterocycles. The number of rotatable bonds is 4. The topological polar surface area (TPSA) is 61.9 Å². The van der Waals surface area contributed by atoms with Crippen molar-refractivity contribution in [3.05, 3.63) is 29.3 Å². The van der Waals surface area contributed by atoms with Crippen LogP contribution in [0.4, 0.5) is 5.69 Å². The molecule has 24 heavy (non-hydrogen) atoms. The van der Waals surface area contributed by atoms with Gasteiger partial charge in [0.2, 0.25) is 0 Å². The molecule has 1 saturated carbocycles. The lowest BCUT2D eigenvalue weighted by Gasteiger charge is -2.39. The molecule has 5 nitrogen and oxygen atoms in total. The van der Waals surface area contributed by atoms with E-state index in [4.69, 9.17) is 17.3 Å². The second kappa shape index (κ2) is 7.31. The van der Waals surface area contributed by atoms with Crippen molar-refractivity contribution in [2.75, 3.05) is 43.9 Å². The highest BCUT2D eigenvalue weighted by Gasteiger charge is 2.40. The number of aliphatic imine (C=N–C) groups is 1. The molecule has 2 N–H and O–H groups in total. The summed E-state index contributed by atoms with van der Waals surface area (Å²) < 4.78 is 11.8. The molecule has 1 heterocycles. The third kappa shape index (κ3) is 3.70. The Morgan fingerprint density at radius 3 is 2.38 bits per heavy atom. The van der Waals surface area contributed by atoms with Gasteiger partial charge in [0.25, 0.3) is 0 Å². The van der Waals surface area contributed by atoms with E-state index in [9.17, 15) is 4.21 Å². The summed E-state index contributed by atoms with van der Waals surface area (Å²) in [4.78, 5) is 9.01. The Hall–Kier alpha value is -1.27. The zero-order valence-corrected chi connectivity index (χ0v) is 15.7. The molecule has 1 aromatic carbocycles. The fourth-order valence-corrected chi connectivity index (χ4v) is 4.51.